The largest absolute Gasteiger partial charge is 0.444 e. The molecule has 1 amide bonds. The molecule has 0 unspecified atom stereocenters. The summed E-state index contributed by atoms with van der Waals surface area (Å²) in [5.41, 5.74) is -0.570. The molecule has 0 radical (unpaired) electrons. The second kappa shape index (κ2) is 8.43. The fraction of sp³-hybridized carbons (Fsp3) is 0.917. The number of nitrogens with one attached hydrogen (secondary N) is 1. The van der Waals surface area contributed by atoms with E-state index in [1.807, 2.05) is 0 Å². The Bertz CT molecular complexity index is 389. The van der Waals surface area contributed by atoms with Gasteiger partial charge < -0.3 is 14.8 Å². The molecule has 0 aliphatic heterocycles. The van der Waals surface area contributed by atoms with E-state index in [2.05, 4.69) is 5.32 Å². The lowest BCUT2D eigenvalue weighted by Crippen LogP contribution is -2.40. The van der Waals surface area contributed by atoms with Crippen molar-refractivity contribution < 1.29 is 22.7 Å². The van der Waals surface area contributed by atoms with Crippen molar-refractivity contribution >= 4 is 16.1 Å². The third-order valence-electron chi connectivity index (χ3n) is 2.25. The van der Waals surface area contributed by atoms with Crippen LogP contribution < -0.4 is 5.32 Å². The molecule has 7 nitrogen and oxygen atoms in total. The van der Waals surface area contributed by atoms with Gasteiger partial charge in [-0.1, -0.05) is 0 Å². The topological polar surface area (TPSA) is 84.9 Å². The average Bonchev–Trinajstić information content (AvgIpc) is 2.23. The van der Waals surface area contributed by atoms with Gasteiger partial charge in [-0.2, -0.15) is 0 Å². The third-order valence-corrected chi connectivity index (χ3v) is 3.56. The molecule has 0 aliphatic carbocycles. The van der Waals surface area contributed by atoms with E-state index in [-0.39, 0.29) is 13.1 Å². The molecule has 0 bridgehead atoms. The molecule has 1 N–H and O–H groups in total. The van der Waals surface area contributed by atoms with Crippen LogP contribution in [0.2, 0.25) is 0 Å². The number of ether oxygens (including phenoxy) is 2. The van der Waals surface area contributed by atoms with Crippen molar-refractivity contribution in [2.24, 2.45) is 0 Å². The summed E-state index contributed by atoms with van der Waals surface area (Å²) in [7, 11) is -1.73. The molecule has 0 spiro atoms. The Hall–Kier alpha value is -0.860. The van der Waals surface area contributed by atoms with Gasteiger partial charge in [-0.15, -0.1) is 0 Å². The van der Waals surface area contributed by atoms with Gasteiger partial charge >= 0.3 is 6.09 Å². The van der Waals surface area contributed by atoms with Crippen LogP contribution >= 0.6 is 0 Å². The summed E-state index contributed by atoms with van der Waals surface area (Å²) in [6, 6.07) is 0. The summed E-state index contributed by atoms with van der Waals surface area (Å²) < 4.78 is 34.4. The Morgan fingerprint density at radius 3 is 2.30 bits per heavy atom. The molecule has 0 atom stereocenters. The van der Waals surface area contributed by atoms with Crippen molar-refractivity contribution in [3.05, 3.63) is 0 Å². The lowest BCUT2D eigenvalue weighted by atomic mass is 10.2. The maximum absolute atomic E-state index is 11.6. The number of methoxy groups -OCH3 is 1. The minimum absolute atomic E-state index is 0.203. The molecule has 20 heavy (non-hydrogen) atoms. The quantitative estimate of drug-likeness (QED) is 0.671. The highest BCUT2D eigenvalue weighted by molar-refractivity contribution is 7.88. The zero-order valence-corrected chi connectivity index (χ0v) is 13.7. The molecule has 120 valence electrons. The van der Waals surface area contributed by atoms with Crippen LogP contribution in [0.3, 0.4) is 0 Å². The normalized spacial score (nSPS) is 12.5. The zero-order valence-electron chi connectivity index (χ0n) is 12.9. The summed E-state index contributed by atoms with van der Waals surface area (Å²) in [6.45, 7) is 6.56. The lowest BCUT2D eigenvalue weighted by molar-refractivity contribution is 0.0525. The molecule has 0 heterocycles. The summed E-state index contributed by atoms with van der Waals surface area (Å²) in [6.07, 6.45) is 1.20. The molecule has 0 aromatic rings. The van der Waals surface area contributed by atoms with E-state index in [0.717, 1.165) is 6.26 Å². The van der Waals surface area contributed by atoms with Gasteiger partial charge in [0.05, 0.1) is 6.26 Å². The number of carbonyl (C=O) groups is 1. The van der Waals surface area contributed by atoms with E-state index < -0.39 is 21.7 Å². The molecule has 0 saturated carbocycles. The van der Waals surface area contributed by atoms with Gasteiger partial charge in [0.15, 0.2) is 0 Å². The second-order valence-corrected chi connectivity index (χ2v) is 7.42. The monoisotopic (exact) mass is 310 g/mol. The average molecular weight is 310 g/mol. The van der Waals surface area contributed by atoms with E-state index in [4.69, 9.17) is 9.47 Å². The van der Waals surface area contributed by atoms with E-state index >= 15 is 0 Å². The van der Waals surface area contributed by atoms with Crippen molar-refractivity contribution in [1.82, 2.24) is 9.62 Å². The predicted molar refractivity (Wildman–Crippen MR) is 77.1 cm³/mol. The SMILES string of the molecule is COCCCN(CCNC(=O)OC(C)(C)C)S(C)(=O)=O. The van der Waals surface area contributed by atoms with Crippen molar-refractivity contribution in [2.45, 2.75) is 32.8 Å². The number of nitrogens with zero attached hydrogens (tertiary/aromatic N) is 1. The molecule has 0 aromatic heterocycles. The summed E-state index contributed by atoms with van der Waals surface area (Å²) in [4.78, 5) is 11.4. The van der Waals surface area contributed by atoms with Crippen molar-refractivity contribution in [3.8, 4) is 0 Å². The van der Waals surface area contributed by atoms with Crippen LogP contribution in [-0.2, 0) is 19.5 Å². The molecular formula is C12H26N2O5S. The van der Waals surface area contributed by atoms with Gasteiger partial charge in [0, 0.05) is 33.4 Å². The van der Waals surface area contributed by atoms with Gasteiger partial charge in [-0.25, -0.2) is 17.5 Å². The maximum atomic E-state index is 11.6. The van der Waals surface area contributed by atoms with Crippen LogP contribution in [0.25, 0.3) is 0 Å². The van der Waals surface area contributed by atoms with E-state index in [0.29, 0.717) is 19.6 Å². The number of alkyl carbamates (subject to hydrolysis) is 1. The Kier molecular flexibility index (Phi) is 8.07. The summed E-state index contributed by atoms with van der Waals surface area (Å²) in [5, 5.41) is 2.53. The van der Waals surface area contributed by atoms with E-state index in [9.17, 15) is 13.2 Å². The van der Waals surface area contributed by atoms with Gasteiger partial charge in [0.25, 0.3) is 0 Å². The van der Waals surface area contributed by atoms with Crippen molar-refractivity contribution in [2.75, 3.05) is 39.6 Å². The highest BCUT2D eigenvalue weighted by atomic mass is 32.2. The fourth-order valence-corrected chi connectivity index (χ4v) is 2.31. The van der Waals surface area contributed by atoms with Crippen molar-refractivity contribution in [3.63, 3.8) is 0 Å². The number of sulfonamides is 1. The van der Waals surface area contributed by atoms with Gasteiger partial charge in [0.1, 0.15) is 5.60 Å². The molecule has 0 fully saturated rings. The Labute approximate surface area is 121 Å². The number of rotatable bonds is 8. The van der Waals surface area contributed by atoms with Crippen LogP contribution in [0, 0.1) is 0 Å². The standard InChI is InChI=1S/C12H26N2O5S/c1-12(2,3)19-11(15)13-7-9-14(20(5,16)17)8-6-10-18-4/h6-10H2,1-5H3,(H,13,15). The molecule has 0 aromatic carbocycles. The van der Waals surface area contributed by atoms with Crippen molar-refractivity contribution in [1.29, 1.82) is 0 Å². The molecule has 8 heteroatoms. The number of amides is 1. The molecular weight excluding hydrogens is 284 g/mol. The van der Waals surface area contributed by atoms with E-state index in [1.165, 1.54) is 4.31 Å². The van der Waals surface area contributed by atoms with Crippen LogP contribution in [0.1, 0.15) is 27.2 Å². The first-order chi connectivity index (χ1) is 9.06. The number of hydrogen-bond donors (Lipinski definition) is 1. The van der Waals surface area contributed by atoms with Gasteiger partial charge in [0.2, 0.25) is 10.0 Å². The van der Waals surface area contributed by atoms with Crippen LogP contribution in [0.15, 0.2) is 0 Å². The molecule has 0 rings (SSSR count). The fourth-order valence-electron chi connectivity index (χ4n) is 1.43. The van der Waals surface area contributed by atoms with Crippen LogP contribution in [0.5, 0.6) is 0 Å². The lowest BCUT2D eigenvalue weighted by Gasteiger charge is -2.22. The molecule has 0 saturated heterocycles. The first kappa shape index (κ1) is 19.1. The first-order valence-corrected chi connectivity index (χ1v) is 8.32. The Morgan fingerprint density at radius 1 is 1.25 bits per heavy atom. The van der Waals surface area contributed by atoms with Gasteiger partial charge in [-0.05, 0) is 27.2 Å². The first-order valence-electron chi connectivity index (χ1n) is 6.47. The second-order valence-electron chi connectivity index (χ2n) is 5.44. The Morgan fingerprint density at radius 2 is 1.85 bits per heavy atom. The van der Waals surface area contributed by atoms with E-state index in [1.54, 1.807) is 27.9 Å². The van der Waals surface area contributed by atoms with Gasteiger partial charge in [-0.3, -0.25) is 0 Å². The maximum Gasteiger partial charge on any atom is 0.407 e. The van der Waals surface area contributed by atoms with Crippen LogP contribution in [-0.4, -0.2) is 64.0 Å². The smallest absolute Gasteiger partial charge is 0.407 e. The van der Waals surface area contributed by atoms with Crippen LogP contribution in [0.4, 0.5) is 4.79 Å². The highest BCUT2D eigenvalue weighted by Crippen LogP contribution is 2.06. The number of hydrogen-bond acceptors (Lipinski definition) is 5. The summed E-state index contributed by atoms with van der Waals surface area (Å²) in [5.74, 6) is 0. The third kappa shape index (κ3) is 9.99. The zero-order chi connectivity index (χ0) is 15.8. The number of carbonyl (C=O) groups excluding carboxylic acids is 1. The molecule has 0 aliphatic rings. The minimum Gasteiger partial charge on any atom is -0.444 e. The Balaban J connectivity index is 4.18. The predicted octanol–water partition coefficient (Wildman–Crippen LogP) is 0.809. The highest BCUT2D eigenvalue weighted by Gasteiger charge is 2.18. The summed E-state index contributed by atoms with van der Waals surface area (Å²) >= 11 is 0. The minimum atomic E-state index is -3.29.